The molecule has 0 aliphatic carbocycles. The summed E-state index contributed by atoms with van der Waals surface area (Å²) in [6, 6.07) is 5.66. The van der Waals surface area contributed by atoms with Crippen LogP contribution in [0, 0.1) is 6.92 Å². The lowest BCUT2D eigenvalue weighted by atomic mass is 10.1. The molecule has 1 aliphatic heterocycles. The smallest absolute Gasteiger partial charge is 0.348 e. The minimum Gasteiger partial charge on any atom is -0.487 e. The van der Waals surface area contributed by atoms with E-state index in [0.717, 1.165) is 16.5 Å². The fourth-order valence-corrected chi connectivity index (χ4v) is 3.84. The van der Waals surface area contributed by atoms with Crippen LogP contribution in [0.1, 0.15) is 12.0 Å². The van der Waals surface area contributed by atoms with Gasteiger partial charge >= 0.3 is 5.69 Å². The molecule has 2 atom stereocenters. The first kappa shape index (κ1) is 17.7. The van der Waals surface area contributed by atoms with E-state index in [4.69, 9.17) is 4.74 Å². The predicted octanol–water partition coefficient (Wildman–Crippen LogP) is 1.61. The number of alkyl halides is 1. The maximum atomic E-state index is 14.9. The van der Waals surface area contributed by atoms with Crippen molar-refractivity contribution in [3.05, 3.63) is 46.6 Å². The van der Waals surface area contributed by atoms with Crippen LogP contribution in [-0.4, -0.2) is 54.7 Å². The summed E-state index contributed by atoms with van der Waals surface area (Å²) >= 11 is 0. The molecule has 150 valence electrons. The second-order valence-corrected chi connectivity index (χ2v) is 7.34. The Bertz CT molecular complexity index is 1260. The third-order valence-corrected chi connectivity index (χ3v) is 5.35. The number of hydrogen-bond acceptors (Lipinski definition) is 6. The van der Waals surface area contributed by atoms with Crippen LogP contribution in [0.2, 0.25) is 0 Å². The Labute approximate surface area is 164 Å². The van der Waals surface area contributed by atoms with Gasteiger partial charge in [-0.2, -0.15) is 10.1 Å². The van der Waals surface area contributed by atoms with E-state index in [1.165, 1.54) is 4.40 Å². The van der Waals surface area contributed by atoms with Gasteiger partial charge in [-0.1, -0.05) is 0 Å². The molecule has 0 amide bonds. The topological polar surface area (TPSA) is 93.3 Å². The lowest BCUT2D eigenvalue weighted by Gasteiger charge is -2.36. The molecular weight excluding hydrogens is 377 g/mol. The molecule has 1 saturated heterocycles. The molecule has 1 unspecified atom stereocenters. The van der Waals surface area contributed by atoms with Crippen LogP contribution in [0.3, 0.4) is 0 Å². The summed E-state index contributed by atoms with van der Waals surface area (Å²) in [6.45, 7) is 2.61. The fraction of sp³-hybridized carbons (Fsp3) is 0.368. The molecule has 1 N–H and O–H groups in total. The Hall–Kier alpha value is -3.43. The molecule has 29 heavy (non-hydrogen) atoms. The van der Waals surface area contributed by atoms with Crippen LogP contribution in [0.15, 0.2) is 35.4 Å². The third-order valence-electron chi connectivity index (χ3n) is 5.35. The van der Waals surface area contributed by atoms with Crippen LogP contribution in [0.25, 0.3) is 16.7 Å². The van der Waals surface area contributed by atoms with Crippen molar-refractivity contribution in [3.8, 4) is 5.75 Å². The Morgan fingerprint density at radius 3 is 3.03 bits per heavy atom. The minimum absolute atomic E-state index is 0.165. The second kappa shape index (κ2) is 6.57. The van der Waals surface area contributed by atoms with Crippen molar-refractivity contribution < 1.29 is 9.13 Å². The van der Waals surface area contributed by atoms with Crippen molar-refractivity contribution in [2.24, 2.45) is 7.05 Å². The van der Waals surface area contributed by atoms with Crippen molar-refractivity contribution in [1.82, 2.24) is 29.4 Å². The van der Waals surface area contributed by atoms with Gasteiger partial charge in [0.25, 0.3) is 5.78 Å². The number of hydrogen-bond donors (Lipinski definition) is 1. The number of aromatic nitrogens is 6. The van der Waals surface area contributed by atoms with E-state index >= 15 is 0 Å². The molecule has 1 fully saturated rings. The van der Waals surface area contributed by atoms with Gasteiger partial charge in [0, 0.05) is 37.2 Å². The van der Waals surface area contributed by atoms with Crippen molar-refractivity contribution >= 4 is 22.5 Å². The number of nitrogens with one attached hydrogen (secondary N) is 1. The normalized spacial score (nSPS) is 19.9. The molecule has 10 heteroatoms. The summed E-state index contributed by atoms with van der Waals surface area (Å²) < 4.78 is 24.0. The maximum Gasteiger partial charge on any atom is 0.348 e. The zero-order valence-electron chi connectivity index (χ0n) is 16.0. The molecule has 3 aromatic heterocycles. The standard InChI is InChI=1S/C19H20FN7O2/c1-11-9-27-18(23-24-19(27)28)22-17(11)26-6-5-16(14(20)10-26)29-13-3-4-15-12(7-13)8-21-25(15)2/h3-4,7-9,14,16H,5-6,10H2,1-2H3,(H,24,28)/t14-,16?/m1/s1. The molecular formula is C19H20FN7O2. The quantitative estimate of drug-likeness (QED) is 0.565. The number of fused-ring (bicyclic) bond motifs is 2. The summed E-state index contributed by atoms with van der Waals surface area (Å²) in [5.74, 6) is 1.54. The molecule has 4 heterocycles. The van der Waals surface area contributed by atoms with Crippen molar-refractivity contribution in [3.63, 3.8) is 0 Å². The van der Waals surface area contributed by atoms with Crippen LogP contribution in [-0.2, 0) is 7.05 Å². The predicted molar refractivity (Wildman–Crippen MR) is 105 cm³/mol. The number of halogens is 1. The summed E-state index contributed by atoms with van der Waals surface area (Å²) in [7, 11) is 1.88. The molecule has 0 bridgehead atoms. The molecule has 1 aliphatic rings. The average molecular weight is 397 g/mol. The van der Waals surface area contributed by atoms with Gasteiger partial charge in [-0.3, -0.25) is 4.68 Å². The average Bonchev–Trinajstić information content (AvgIpc) is 3.25. The van der Waals surface area contributed by atoms with Gasteiger partial charge in [-0.25, -0.2) is 18.7 Å². The Morgan fingerprint density at radius 2 is 2.21 bits per heavy atom. The van der Waals surface area contributed by atoms with Gasteiger partial charge in [-0.05, 0) is 25.1 Å². The zero-order chi connectivity index (χ0) is 20.1. The van der Waals surface area contributed by atoms with Crippen molar-refractivity contribution in [2.75, 3.05) is 18.0 Å². The number of anilines is 1. The lowest BCUT2D eigenvalue weighted by molar-refractivity contribution is 0.0820. The van der Waals surface area contributed by atoms with E-state index in [9.17, 15) is 9.18 Å². The van der Waals surface area contributed by atoms with Gasteiger partial charge in [0.15, 0.2) is 6.17 Å². The zero-order valence-corrected chi connectivity index (χ0v) is 16.0. The van der Waals surface area contributed by atoms with E-state index in [2.05, 4.69) is 20.3 Å². The highest BCUT2D eigenvalue weighted by molar-refractivity contribution is 5.80. The molecule has 1 aromatic carbocycles. The lowest BCUT2D eigenvalue weighted by Crippen LogP contribution is -2.47. The van der Waals surface area contributed by atoms with Crippen LogP contribution in [0.5, 0.6) is 5.75 Å². The van der Waals surface area contributed by atoms with Crippen LogP contribution >= 0.6 is 0 Å². The monoisotopic (exact) mass is 397 g/mol. The molecule has 5 rings (SSSR count). The van der Waals surface area contributed by atoms with Gasteiger partial charge in [0.2, 0.25) is 0 Å². The van der Waals surface area contributed by atoms with Gasteiger partial charge in [0.05, 0.1) is 18.3 Å². The first-order chi connectivity index (χ1) is 14.0. The van der Waals surface area contributed by atoms with Crippen LogP contribution in [0.4, 0.5) is 10.2 Å². The minimum atomic E-state index is -1.17. The highest BCUT2D eigenvalue weighted by atomic mass is 19.1. The highest BCUT2D eigenvalue weighted by Crippen LogP contribution is 2.27. The first-order valence-electron chi connectivity index (χ1n) is 9.41. The SMILES string of the molecule is Cc1cn2c(=O)[nH]nc2nc1N1CCC(Oc2ccc3c(cnn3C)c2)[C@H](F)C1. The van der Waals surface area contributed by atoms with Gasteiger partial charge < -0.3 is 9.64 Å². The fourth-order valence-electron chi connectivity index (χ4n) is 3.84. The summed E-state index contributed by atoms with van der Waals surface area (Å²) in [5, 5.41) is 11.4. The number of rotatable bonds is 3. The maximum absolute atomic E-state index is 14.9. The van der Waals surface area contributed by atoms with E-state index < -0.39 is 12.3 Å². The van der Waals surface area contributed by atoms with Crippen molar-refractivity contribution in [2.45, 2.75) is 25.6 Å². The molecule has 0 spiro atoms. The number of aryl methyl sites for hydroxylation is 2. The van der Waals surface area contributed by atoms with E-state index in [-0.39, 0.29) is 18.0 Å². The van der Waals surface area contributed by atoms with Crippen LogP contribution < -0.4 is 15.3 Å². The number of ether oxygens (including phenoxy) is 1. The summed E-state index contributed by atoms with van der Waals surface area (Å²) in [5.41, 5.74) is 1.44. The number of H-pyrrole nitrogens is 1. The van der Waals surface area contributed by atoms with Gasteiger partial charge in [-0.15, -0.1) is 5.10 Å². The van der Waals surface area contributed by atoms with E-state index in [1.807, 2.05) is 37.1 Å². The second-order valence-electron chi connectivity index (χ2n) is 7.34. The summed E-state index contributed by atoms with van der Waals surface area (Å²) in [6.07, 6.45) is 2.25. The molecule has 9 nitrogen and oxygen atoms in total. The molecule has 0 saturated carbocycles. The van der Waals surface area contributed by atoms with E-state index in [1.54, 1.807) is 17.1 Å². The number of piperidine rings is 1. The number of nitrogens with zero attached hydrogens (tertiary/aromatic N) is 6. The largest absolute Gasteiger partial charge is 0.487 e. The number of aromatic amines is 1. The Morgan fingerprint density at radius 1 is 1.34 bits per heavy atom. The number of benzene rings is 1. The van der Waals surface area contributed by atoms with Crippen molar-refractivity contribution in [1.29, 1.82) is 0 Å². The Kier molecular flexibility index (Phi) is 4.00. The summed E-state index contributed by atoms with van der Waals surface area (Å²) in [4.78, 5) is 18.0. The highest BCUT2D eigenvalue weighted by Gasteiger charge is 2.32. The Balaban J connectivity index is 1.33. The third kappa shape index (κ3) is 3.00. The first-order valence-corrected chi connectivity index (χ1v) is 9.41. The van der Waals surface area contributed by atoms with Gasteiger partial charge in [0.1, 0.15) is 17.7 Å². The van der Waals surface area contributed by atoms with E-state index in [0.29, 0.717) is 24.5 Å². The molecule has 0 radical (unpaired) electrons. The molecule has 4 aromatic rings.